The lowest BCUT2D eigenvalue weighted by atomic mass is 10.2. The van der Waals surface area contributed by atoms with Gasteiger partial charge in [0.2, 0.25) is 0 Å². The smallest absolute Gasteiger partial charge is 0.349 e. The predicted octanol–water partition coefficient (Wildman–Crippen LogP) is 3.38. The summed E-state index contributed by atoms with van der Waals surface area (Å²) in [6.07, 6.45) is 0. The van der Waals surface area contributed by atoms with Crippen LogP contribution in [-0.2, 0) is 4.79 Å². The average Bonchev–Trinajstić information content (AvgIpc) is 3.05. The van der Waals surface area contributed by atoms with Gasteiger partial charge in [0.15, 0.2) is 12.4 Å². The number of nitrogens with zero attached hydrogens (tertiary/aromatic N) is 2. The van der Waals surface area contributed by atoms with Crippen molar-refractivity contribution < 1.29 is 24.0 Å². The lowest BCUT2D eigenvalue weighted by molar-refractivity contribution is -0.385. The highest BCUT2D eigenvalue weighted by Crippen LogP contribution is 2.25. The van der Waals surface area contributed by atoms with Crippen molar-refractivity contribution in [1.82, 2.24) is 4.68 Å². The van der Waals surface area contributed by atoms with Crippen molar-refractivity contribution in [1.29, 1.82) is 0 Å². The van der Waals surface area contributed by atoms with E-state index in [0.29, 0.717) is 5.56 Å². The Labute approximate surface area is 172 Å². The zero-order valence-electron chi connectivity index (χ0n) is 16.3. The van der Waals surface area contributed by atoms with Crippen LogP contribution in [0.2, 0.25) is 0 Å². The van der Waals surface area contributed by atoms with E-state index in [1.54, 1.807) is 10.7 Å². The van der Waals surface area contributed by atoms with Crippen LogP contribution >= 0.6 is 0 Å². The van der Waals surface area contributed by atoms with Crippen LogP contribution in [0.1, 0.15) is 21.7 Å². The largest absolute Gasteiger partial charge is 0.475 e. The highest BCUT2D eigenvalue weighted by Gasteiger charge is 2.16. The molecule has 1 amide bonds. The number of hydrogen-bond acceptors (Lipinski definition) is 6. The minimum atomic E-state index is -0.732. The second kappa shape index (κ2) is 8.91. The van der Waals surface area contributed by atoms with E-state index in [1.807, 2.05) is 26.0 Å². The molecule has 0 spiro atoms. The lowest BCUT2D eigenvalue weighted by Crippen LogP contribution is -2.24. The van der Waals surface area contributed by atoms with Crippen LogP contribution in [0.15, 0.2) is 60.7 Å². The maximum atomic E-state index is 12.4. The normalized spacial score (nSPS) is 10.3. The molecular formula is C21H19N3O6. The minimum absolute atomic E-state index is 0.0259. The zero-order chi connectivity index (χ0) is 21.7. The monoisotopic (exact) mass is 409 g/mol. The fourth-order valence-corrected chi connectivity index (χ4v) is 2.71. The second-order valence-corrected chi connectivity index (χ2v) is 6.40. The van der Waals surface area contributed by atoms with Gasteiger partial charge in [0.25, 0.3) is 5.91 Å². The first-order valence-corrected chi connectivity index (χ1v) is 8.98. The van der Waals surface area contributed by atoms with Gasteiger partial charge in [-0.1, -0.05) is 12.1 Å². The molecule has 1 heterocycles. The number of carbonyl (C=O) groups excluding carboxylic acids is 2. The maximum absolute atomic E-state index is 12.4. The van der Waals surface area contributed by atoms with E-state index >= 15 is 0 Å². The van der Waals surface area contributed by atoms with Crippen LogP contribution < -0.4 is 14.9 Å². The summed E-state index contributed by atoms with van der Waals surface area (Å²) in [5.74, 6) is -0.850. The van der Waals surface area contributed by atoms with Gasteiger partial charge in [-0.2, -0.15) is 0 Å². The number of hydrogen-bond donors (Lipinski definition) is 1. The Morgan fingerprint density at radius 3 is 2.27 bits per heavy atom. The zero-order valence-corrected chi connectivity index (χ0v) is 16.3. The summed E-state index contributed by atoms with van der Waals surface area (Å²) >= 11 is 0. The molecule has 1 aromatic heterocycles. The van der Waals surface area contributed by atoms with Crippen LogP contribution in [-0.4, -0.2) is 28.1 Å². The van der Waals surface area contributed by atoms with Crippen LogP contribution in [0.25, 0.3) is 0 Å². The average molecular weight is 409 g/mol. The lowest BCUT2D eigenvalue weighted by Gasteiger charge is -2.11. The Kier molecular flexibility index (Phi) is 6.11. The van der Waals surface area contributed by atoms with Crippen LogP contribution in [0.4, 0.5) is 5.69 Å². The number of aryl methyl sites for hydroxylation is 2. The molecule has 154 valence electrons. The van der Waals surface area contributed by atoms with Crippen LogP contribution in [0.3, 0.4) is 0 Å². The van der Waals surface area contributed by atoms with Crippen molar-refractivity contribution in [3.8, 4) is 11.5 Å². The van der Waals surface area contributed by atoms with Crippen molar-refractivity contribution in [2.45, 2.75) is 13.8 Å². The van der Waals surface area contributed by atoms with Gasteiger partial charge in [-0.05, 0) is 56.3 Å². The number of rotatable bonds is 7. The number of esters is 1. The Morgan fingerprint density at radius 2 is 1.63 bits per heavy atom. The summed E-state index contributed by atoms with van der Waals surface area (Å²) in [6.45, 7) is 3.25. The van der Waals surface area contributed by atoms with Gasteiger partial charge in [0.05, 0.1) is 4.92 Å². The molecule has 0 unspecified atom stereocenters. The van der Waals surface area contributed by atoms with E-state index in [-0.39, 0.29) is 23.1 Å². The summed E-state index contributed by atoms with van der Waals surface area (Å²) in [5, 5.41) is 11.0. The third kappa shape index (κ3) is 4.82. The molecule has 0 fully saturated rings. The molecule has 0 radical (unpaired) electrons. The van der Waals surface area contributed by atoms with Crippen molar-refractivity contribution in [3.63, 3.8) is 0 Å². The fraction of sp³-hybridized carbons (Fsp3) is 0.143. The highest BCUT2D eigenvalue weighted by molar-refractivity contribution is 6.00. The Hall–Kier alpha value is -4.14. The number of carbonyl (C=O) groups is 2. The highest BCUT2D eigenvalue weighted by atomic mass is 16.6. The molecule has 9 nitrogen and oxygen atoms in total. The van der Waals surface area contributed by atoms with E-state index < -0.39 is 17.5 Å². The molecule has 0 saturated heterocycles. The number of amides is 1. The quantitative estimate of drug-likeness (QED) is 0.277. The predicted molar refractivity (Wildman–Crippen MR) is 108 cm³/mol. The molecular weight excluding hydrogens is 390 g/mol. The van der Waals surface area contributed by atoms with E-state index in [2.05, 4.69) is 5.43 Å². The van der Waals surface area contributed by atoms with Gasteiger partial charge in [-0.3, -0.25) is 25.0 Å². The van der Waals surface area contributed by atoms with Crippen molar-refractivity contribution in [2.24, 2.45) is 0 Å². The molecule has 0 aliphatic heterocycles. The molecule has 2 aromatic carbocycles. The molecule has 0 aliphatic rings. The van der Waals surface area contributed by atoms with Crippen LogP contribution in [0, 0.1) is 24.0 Å². The minimum Gasteiger partial charge on any atom is -0.475 e. The molecule has 0 atom stereocenters. The van der Waals surface area contributed by atoms with Gasteiger partial charge in [0, 0.05) is 23.0 Å². The van der Waals surface area contributed by atoms with Gasteiger partial charge < -0.3 is 9.47 Å². The van der Waals surface area contributed by atoms with Gasteiger partial charge in [-0.25, -0.2) is 4.79 Å². The number of nitrogens with one attached hydrogen (secondary N) is 1. The summed E-state index contributed by atoms with van der Waals surface area (Å²) in [4.78, 5) is 34.7. The number of ether oxygens (including phenoxy) is 2. The third-order valence-corrected chi connectivity index (χ3v) is 4.24. The molecule has 0 aliphatic carbocycles. The van der Waals surface area contributed by atoms with Crippen LogP contribution in [0.5, 0.6) is 11.5 Å². The first-order valence-electron chi connectivity index (χ1n) is 8.98. The number of nitro benzene ring substituents is 1. The number of para-hydroxylation sites is 2. The maximum Gasteiger partial charge on any atom is 0.349 e. The molecule has 0 bridgehead atoms. The summed E-state index contributed by atoms with van der Waals surface area (Å²) in [6, 6.07) is 15.5. The van der Waals surface area contributed by atoms with Crippen molar-refractivity contribution in [3.05, 3.63) is 87.7 Å². The van der Waals surface area contributed by atoms with Crippen molar-refractivity contribution in [2.75, 3.05) is 12.0 Å². The van der Waals surface area contributed by atoms with Gasteiger partial charge >= 0.3 is 11.7 Å². The van der Waals surface area contributed by atoms with E-state index in [1.165, 1.54) is 42.5 Å². The topological polar surface area (TPSA) is 113 Å². The van der Waals surface area contributed by atoms with E-state index in [0.717, 1.165) is 11.4 Å². The third-order valence-electron chi connectivity index (χ3n) is 4.24. The molecule has 3 aromatic rings. The Morgan fingerprint density at radius 1 is 1.00 bits per heavy atom. The SMILES string of the molecule is Cc1ccc(C)n1NC(=O)c1ccc(OC(=O)COc2ccccc2[N+](=O)[O-])cc1. The first-order chi connectivity index (χ1) is 14.3. The first kappa shape index (κ1) is 20.6. The molecule has 0 saturated carbocycles. The number of nitro groups is 1. The molecule has 1 N–H and O–H groups in total. The fourth-order valence-electron chi connectivity index (χ4n) is 2.71. The summed E-state index contributed by atoms with van der Waals surface area (Å²) < 4.78 is 12.0. The van der Waals surface area contributed by atoms with E-state index in [9.17, 15) is 19.7 Å². The molecule has 9 heteroatoms. The standard InChI is InChI=1S/C21H19N3O6/c1-14-7-8-15(2)23(14)22-21(26)16-9-11-17(12-10-16)30-20(25)13-29-19-6-4-3-5-18(19)24(27)28/h3-12H,13H2,1-2H3,(H,22,26). The Bertz CT molecular complexity index is 1070. The van der Waals surface area contributed by atoms with Gasteiger partial charge in [0.1, 0.15) is 5.75 Å². The van der Waals surface area contributed by atoms with Gasteiger partial charge in [-0.15, -0.1) is 0 Å². The van der Waals surface area contributed by atoms with Crippen molar-refractivity contribution >= 4 is 17.6 Å². The second-order valence-electron chi connectivity index (χ2n) is 6.40. The number of aromatic nitrogens is 1. The Balaban J connectivity index is 1.57. The summed E-state index contributed by atoms with van der Waals surface area (Å²) in [5.41, 5.74) is 4.72. The number of benzene rings is 2. The van der Waals surface area contributed by atoms with E-state index in [4.69, 9.17) is 9.47 Å². The molecule has 3 rings (SSSR count). The molecule has 30 heavy (non-hydrogen) atoms. The summed E-state index contributed by atoms with van der Waals surface area (Å²) in [7, 11) is 0.